The first-order valence-corrected chi connectivity index (χ1v) is 10.3. The first kappa shape index (κ1) is 18.3. The molecule has 0 aliphatic heterocycles. The van der Waals surface area contributed by atoms with E-state index in [1.54, 1.807) is 24.5 Å². The van der Waals surface area contributed by atoms with Crippen LogP contribution in [0.3, 0.4) is 0 Å². The molecular weight excluding hydrogens is 382 g/mol. The van der Waals surface area contributed by atoms with Gasteiger partial charge in [0.15, 0.2) is 0 Å². The second-order valence-electron chi connectivity index (χ2n) is 7.20. The number of methoxy groups -OCH3 is 1. The molecule has 0 unspecified atom stereocenters. The largest absolute Gasteiger partial charge is 0.495 e. The van der Waals surface area contributed by atoms with Crippen molar-refractivity contribution in [2.45, 2.75) is 39.2 Å². The Hall–Kier alpha value is -2.05. The fraction of sp³-hybridized carbons (Fsp3) is 0.400. The maximum absolute atomic E-state index is 12.8. The van der Waals surface area contributed by atoms with Crippen LogP contribution in [0.15, 0.2) is 23.0 Å². The summed E-state index contributed by atoms with van der Waals surface area (Å²) >= 11 is 7.86. The van der Waals surface area contributed by atoms with E-state index in [1.165, 1.54) is 10.4 Å². The van der Waals surface area contributed by atoms with Crippen molar-refractivity contribution < 1.29 is 4.74 Å². The molecule has 0 radical (unpaired) electrons. The minimum Gasteiger partial charge on any atom is -0.495 e. The molecule has 0 saturated heterocycles. The number of H-pyrrole nitrogens is 1. The lowest BCUT2D eigenvalue weighted by molar-refractivity contribution is 0.415. The predicted molar refractivity (Wildman–Crippen MR) is 111 cm³/mol. The first-order valence-electron chi connectivity index (χ1n) is 9.10. The van der Waals surface area contributed by atoms with Crippen LogP contribution in [-0.2, 0) is 12.8 Å². The van der Waals surface area contributed by atoms with Crippen molar-refractivity contribution in [2.24, 2.45) is 5.92 Å². The lowest BCUT2D eigenvalue weighted by atomic mass is 9.89. The van der Waals surface area contributed by atoms with E-state index in [2.05, 4.69) is 17.2 Å². The van der Waals surface area contributed by atoms with E-state index in [9.17, 15) is 4.79 Å². The van der Waals surface area contributed by atoms with Gasteiger partial charge in [-0.15, -0.1) is 11.3 Å². The number of hydrogen-bond donors (Lipinski definition) is 2. The van der Waals surface area contributed by atoms with Crippen molar-refractivity contribution in [3.63, 3.8) is 0 Å². The van der Waals surface area contributed by atoms with Gasteiger partial charge in [0.05, 0.1) is 23.6 Å². The topological polar surface area (TPSA) is 67.0 Å². The summed E-state index contributed by atoms with van der Waals surface area (Å²) < 4.78 is 5.18. The Morgan fingerprint density at radius 1 is 1.44 bits per heavy atom. The van der Waals surface area contributed by atoms with Crippen LogP contribution < -0.4 is 15.6 Å². The molecule has 3 aromatic rings. The quantitative estimate of drug-likeness (QED) is 0.647. The van der Waals surface area contributed by atoms with Gasteiger partial charge in [0.1, 0.15) is 16.4 Å². The van der Waals surface area contributed by atoms with Crippen molar-refractivity contribution in [1.82, 2.24) is 9.97 Å². The second-order valence-corrected chi connectivity index (χ2v) is 8.69. The number of benzene rings is 1. The Morgan fingerprint density at radius 3 is 3.00 bits per heavy atom. The van der Waals surface area contributed by atoms with Crippen molar-refractivity contribution in [3.05, 3.63) is 49.8 Å². The molecule has 27 heavy (non-hydrogen) atoms. The zero-order valence-electron chi connectivity index (χ0n) is 15.6. The third-order valence-corrected chi connectivity index (χ3v) is 6.57. The molecule has 2 atom stereocenters. The number of nitrogens with zero attached hydrogens (tertiary/aromatic N) is 1. The highest BCUT2D eigenvalue weighted by molar-refractivity contribution is 7.18. The van der Waals surface area contributed by atoms with Crippen LogP contribution in [-0.4, -0.2) is 17.1 Å². The summed E-state index contributed by atoms with van der Waals surface area (Å²) in [7, 11) is 1.59. The van der Waals surface area contributed by atoms with Crippen LogP contribution in [0, 0.1) is 5.92 Å². The van der Waals surface area contributed by atoms with Crippen LogP contribution in [0.25, 0.3) is 10.2 Å². The average Bonchev–Trinajstić information content (AvgIpc) is 2.99. The molecular formula is C20H22ClN3O2S. The number of aromatic nitrogens is 2. The van der Waals surface area contributed by atoms with E-state index < -0.39 is 0 Å². The van der Waals surface area contributed by atoms with Gasteiger partial charge in [0, 0.05) is 10.6 Å². The highest BCUT2D eigenvalue weighted by Crippen LogP contribution is 2.36. The molecule has 0 fully saturated rings. The highest BCUT2D eigenvalue weighted by Gasteiger charge is 2.23. The van der Waals surface area contributed by atoms with Crippen molar-refractivity contribution in [2.75, 3.05) is 12.4 Å². The summed E-state index contributed by atoms with van der Waals surface area (Å²) in [5.74, 6) is 1.93. The number of halogens is 1. The third-order valence-electron chi connectivity index (χ3n) is 5.13. The zero-order chi connectivity index (χ0) is 19.1. The van der Waals surface area contributed by atoms with E-state index in [0.29, 0.717) is 22.5 Å². The Kier molecular flexibility index (Phi) is 4.86. The molecule has 1 aromatic carbocycles. The van der Waals surface area contributed by atoms with Gasteiger partial charge < -0.3 is 15.0 Å². The normalized spacial score (nSPS) is 17.6. The van der Waals surface area contributed by atoms with Gasteiger partial charge in [-0.3, -0.25) is 4.79 Å². The van der Waals surface area contributed by atoms with Crippen LogP contribution in [0.4, 0.5) is 5.69 Å². The molecule has 0 amide bonds. The van der Waals surface area contributed by atoms with Gasteiger partial charge in [0.25, 0.3) is 5.56 Å². The molecule has 0 bridgehead atoms. The predicted octanol–water partition coefficient (Wildman–Crippen LogP) is 4.94. The molecule has 5 nitrogen and oxygen atoms in total. The smallest absolute Gasteiger partial charge is 0.259 e. The number of rotatable bonds is 4. The lowest BCUT2D eigenvalue weighted by Crippen LogP contribution is -2.18. The SMILES string of the molecule is COc1ccc(N[C@@H](C)c2nc3sc4c(c3c(=O)[nH]2)CC[C@H](C)C4)cc1Cl. The van der Waals surface area contributed by atoms with Crippen molar-refractivity contribution >= 4 is 38.8 Å². The fourth-order valence-electron chi connectivity index (χ4n) is 3.65. The summed E-state index contributed by atoms with van der Waals surface area (Å²) in [4.78, 5) is 22.7. The monoisotopic (exact) mass is 403 g/mol. The van der Waals surface area contributed by atoms with E-state index in [0.717, 1.165) is 35.2 Å². The Morgan fingerprint density at radius 2 is 2.26 bits per heavy atom. The highest BCUT2D eigenvalue weighted by atomic mass is 35.5. The number of thiophene rings is 1. The number of anilines is 1. The Bertz CT molecular complexity index is 1060. The summed E-state index contributed by atoms with van der Waals surface area (Å²) in [6.07, 6.45) is 3.15. The molecule has 0 saturated carbocycles. The summed E-state index contributed by atoms with van der Waals surface area (Å²) in [6, 6.07) is 5.34. The number of hydrogen-bond acceptors (Lipinski definition) is 5. The molecule has 7 heteroatoms. The van der Waals surface area contributed by atoms with Crippen LogP contribution in [0.2, 0.25) is 5.02 Å². The van der Waals surface area contributed by atoms with E-state index in [4.69, 9.17) is 21.3 Å². The fourth-order valence-corrected chi connectivity index (χ4v) is 5.29. The van der Waals surface area contributed by atoms with Gasteiger partial charge >= 0.3 is 0 Å². The third kappa shape index (κ3) is 3.44. The molecule has 0 spiro atoms. The molecule has 2 heterocycles. The van der Waals surface area contributed by atoms with Crippen LogP contribution in [0.5, 0.6) is 5.75 Å². The van der Waals surface area contributed by atoms with Crippen LogP contribution in [0.1, 0.15) is 42.6 Å². The standard InChI is InChI=1S/C20H22ClN3O2S/c1-10-4-6-13-16(8-10)27-20-17(13)19(25)23-18(24-20)11(2)22-12-5-7-15(26-3)14(21)9-12/h5,7,9-11,22H,4,6,8H2,1-3H3,(H,23,24,25)/t10-,11-/m0/s1. The maximum Gasteiger partial charge on any atom is 0.259 e. The van der Waals surface area contributed by atoms with Crippen molar-refractivity contribution in [3.8, 4) is 5.75 Å². The summed E-state index contributed by atoms with van der Waals surface area (Å²) in [5, 5.41) is 4.66. The summed E-state index contributed by atoms with van der Waals surface area (Å²) in [6.45, 7) is 4.24. The first-order chi connectivity index (χ1) is 13.0. The number of aryl methyl sites for hydroxylation is 1. The molecule has 2 aromatic heterocycles. The average molecular weight is 404 g/mol. The number of nitrogens with one attached hydrogen (secondary N) is 2. The van der Waals surface area contributed by atoms with Gasteiger partial charge in [-0.1, -0.05) is 18.5 Å². The number of aromatic amines is 1. The molecule has 1 aliphatic carbocycles. The van der Waals surface area contributed by atoms with E-state index >= 15 is 0 Å². The van der Waals surface area contributed by atoms with Gasteiger partial charge in [-0.2, -0.15) is 0 Å². The minimum atomic E-state index is -0.162. The van der Waals surface area contributed by atoms with E-state index in [-0.39, 0.29) is 11.6 Å². The second kappa shape index (κ2) is 7.17. The van der Waals surface area contributed by atoms with Crippen molar-refractivity contribution in [1.29, 1.82) is 0 Å². The van der Waals surface area contributed by atoms with E-state index in [1.807, 2.05) is 19.1 Å². The van der Waals surface area contributed by atoms with Gasteiger partial charge in [0.2, 0.25) is 0 Å². The minimum absolute atomic E-state index is 0.0385. The summed E-state index contributed by atoms with van der Waals surface area (Å²) in [5.41, 5.74) is 2.01. The molecule has 142 valence electrons. The van der Waals surface area contributed by atoms with Gasteiger partial charge in [-0.25, -0.2) is 4.98 Å². The number of fused-ring (bicyclic) bond motifs is 3. The molecule has 2 N–H and O–H groups in total. The lowest BCUT2D eigenvalue weighted by Gasteiger charge is -2.17. The Balaban J connectivity index is 1.65. The van der Waals surface area contributed by atoms with Crippen LogP contribution >= 0.6 is 22.9 Å². The number of ether oxygens (including phenoxy) is 1. The van der Waals surface area contributed by atoms with Gasteiger partial charge in [-0.05, 0) is 55.9 Å². The molecule has 4 rings (SSSR count). The Labute approximate surface area is 166 Å². The zero-order valence-corrected chi connectivity index (χ0v) is 17.1. The maximum atomic E-state index is 12.8. The molecule has 1 aliphatic rings.